The van der Waals surface area contributed by atoms with E-state index >= 15 is 0 Å². The lowest BCUT2D eigenvalue weighted by atomic mass is 9.84. The molecule has 0 bridgehead atoms. The van der Waals surface area contributed by atoms with Crippen LogP contribution in [0.4, 0.5) is 0 Å². The predicted molar refractivity (Wildman–Crippen MR) is 115 cm³/mol. The predicted octanol–water partition coefficient (Wildman–Crippen LogP) is 4.30. The van der Waals surface area contributed by atoms with Gasteiger partial charge in [0.1, 0.15) is 0 Å². The fraction of sp³-hybridized carbons (Fsp3) is 0.304. The lowest BCUT2D eigenvalue weighted by molar-refractivity contribution is -0.184. The van der Waals surface area contributed by atoms with E-state index in [1.54, 1.807) is 20.4 Å². The molecule has 5 nitrogen and oxygen atoms in total. The monoisotopic (exact) mass is 411 g/mol. The van der Waals surface area contributed by atoms with Gasteiger partial charge in [0.25, 0.3) is 0 Å². The first-order valence-electron chi connectivity index (χ1n) is 9.49. The van der Waals surface area contributed by atoms with E-state index in [1.807, 2.05) is 67.6 Å². The number of hydrogen-bond acceptors (Lipinski definition) is 5. The summed E-state index contributed by atoms with van der Waals surface area (Å²) in [5, 5.41) is 9.33. The molecule has 29 heavy (non-hydrogen) atoms. The quantitative estimate of drug-likeness (QED) is 0.559. The average molecular weight is 412 g/mol. The van der Waals surface area contributed by atoms with Gasteiger partial charge in [-0.1, -0.05) is 54.1 Å². The fourth-order valence-electron chi connectivity index (χ4n) is 3.65. The zero-order chi connectivity index (χ0) is 20.9. The van der Waals surface area contributed by atoms with Crippen LogP contribution < -0.4 is 5.73 Å². The number of rotatable bonds is 8. The molecule has 152 valence electrons. The molecule has 1 aromatic heterocycles. The number of nitrogens with zero attached hydrogens (tertiary/aromatic N) is 2. The van der Waals surface area contributed by atoms with Gasteiger partial charge in [-0.05, 0) is 37.1 Å². The third-order valence-corrected chi connectivity index (χ3v) is 5.44. The summed E-state index contributed by atoms with van der Waals surface area (Å²) >= 11 is 6.04. The summed E-state index contributed by atoms with van der Waals surface area (Å²) in [6, 6.07) is 19.3. The van der Waals surface area contributed by atoms with Crippen molar-refractivity contribution >= 4 is 11.6 Å². The van der Waals surface area contributed by atoms with Crippen molar-refractivity contribution in [3.05, 3.63) is 94.3 Å². The van der Waals surface area contributed by atoms with Crippen molar-refractivity contribution in [2.75, 3.05) is 14.2 Å². The van der Waals surface area contributed by atoms with Crippen molar-refractivity contribution in [1.82, 2.24) is 10.2 Å². The van der Waals surface area contributed by atoms with Crippen molar-refractivity contribution < 1.29 is 9.47 Å². The summed E-state index contributed by atoms with van der Waals surface area (Å²) < 4.78 is 11.9. The maximum Gasteiger partial charge on any atom is 0.223 e. The highest BCUT2D eigenvalue weighted by atomic mass is 35.5. The normalized spacial score (nSPS) is 13.8. The van der Waals surface area contributed by atoms with Crippen LogP contribution in [0, 0.1) is 0 Å². The van der Waals surface area contributed by atoms with E-state index in [0.717, 1.165) is 22.4 Å². The first kappa shape index (κ1) is 21.4. The Hall–Kier alpha value is -2.31. The van der Waals surface area contributed by atoms with E-state index in [9.17, 15) is 0 Å². The highest BCUT2D eigenvalue weighted by molar-refractivity contribution is 6.30. The molecule has 2 N–H and O–H groups in total. The maximum atomic E-state index is 6.40. The topological polar surface area (TPSA) is 70.3 Å². The zero-order valence-electron chi connectivity index (χ0n) is 16.9. The number of hydrogen-bond donors (Lipinski definition) is 1. The van der Waals surface area contributed by atoms with E-state index in [1.165, 1.54) is 0 Å². The first-order valence-corrected chi connectivity index (χ1v) is 9.87. The van der Waals surface area contributed by atoms with Gasteiger partial charge < -0.3 is 15.2 Å². The van der Waals surface area contributed by atoms with Crippen LogP contribution in [0.5, 0.6) is 0 Å². The van der Waals surface area contributed by atoms with Crippen LogP contribution in [0.1, 0.15) is 35.2 Å². The Morgan fingerprint density at radius 1 is 1.00 bits per heavy atom. The Bertz CT molecular complexity index is 913. The van der Waals surface area contributed by atoms with Gasteiger partial charge >= 0.3 is 0 Å². The summed E-state index contributed by atoms with van der Waals surface area (Å²) in [5.74, 6) is -1.20. The molecule has 0 saturated carbocycles. The van der Waals surface area contributed by atoms with Gasteiger partial charge in [-0.15, -0.1) is 0 Å². The van der Waals surface area contributed by atoms with Crippen LogP contribution >= 0.6 is 11.6 Å². The summed E-state index contributed by atoms with van der Waals surface area (Å²) in [6.45, 7) is 1.98. The minimum absolute atomic E-state index is 0.0896. The van der Waals surface area contributed by atoms with Crippen molar-refractivity contribution in [2.24, 2.45) is 5.73 Å². The van der Waals surface area contributed by atoms with Crippen LogP contribution in [0.3, 0.4) is 0 Å². The van der Waals surface area contributed by atoms with E-state index in [4.69, 9.17) is 26.8 Å². The van der Waals surface area contributed by atoms with Gasteiger partial charge in [-0.25, -0.2) is 0 Å². The van der Waals surface area contributed by atoms with E-state index in [-0.39, 0.29) is 12.0 Å². The Morgan fingerprint density at radius 2 is 1.66 bits per heavy atom. The third kappa shape index (κ3) is 4.49. The smallest absolute Gasteiger partial charge is 0.223 e. The highest BCUT2D eigenvalue weighted by Crippen LogP contribution is 2.38. The first-order chi connectivity index (χ1) is 14.0. The highest BCUT2D eigenvalue weighted by Gasteiger charge is 2.39. The minimum Gasteiger partial charge on any atom is -0.346 e. The van der Waals surface area contributed by atoms with Crippen LogP contribution in [0.15, 0.2) is 66.9 Å². The van der Waals surface area contributed by atoms with Crippen LogP contribution in [-0.2, 0) is 21.7 Å². The summed E-state index contributed by atoms with van der Waals surface area (Å²) in [7, 11) is 3.25. The molecule has 0 saturated heterocycles. The number of ether oxygens (including phenoxy) is 2. The summed E-state index contributed by atoms with van der Waals surface area (Å²) in [4.78, 5) is 0. The van der Waals surface area contributed by atoms with Crippen LogP contribution in [0.25, 0.3) is 0 Å². The van der Waals surface area contributed by atoms with Gasteiger partial charge in [-0.2, -0.15) is 10.2 Å². The third-order valence-electron chi connectivity index (χ3n) is 5.19. The summed E-state index contributed by atoms with van der Waals surface area (Å²) in [5.41, 5.74) is 9.94. The standard InChI is InChI=1S/C23H26ClN3O2/c1-16(25)20(15-17-9-11-19(24)12-10-17)22-21(13-14-26-27-22)23(28-2,29-3)18-7-5-4-6-8-18/h4-14,16,20H,15,25H2,1-3H3. The largest absolute Gasteiger partial charge is 0.346 e. The van der Waals surface area contributed by atoms with Gasteiger partial charge in [0.05, 0.1) is 11.9 Å². The average Bonchev–Trinajstić information content (AvgIpc) is 2.76. The van der Waals surface area contributed by atoms with Crippen molar-refractivity contribution in [3.8, 4) is 0 Å². The Morgan fingerprint density at radius 3 is 2.24 bits per heavy atom. The SMILES string of the molecule is COC(OC)(c1ccccc1)c1ccnnc1C(Cc1ccc(Cl)cc1)C(C)N. The van der Waals surface area contributed by atoms with E-state index < -0.39 is 5.79 Å². The molecule has 3 aromatic rings. The van der Waals surface area contributed by atoms with Crippen molar-refractivity contribution in [2.45, 2.75) is 31.1 Å². The number of benzene rings is 2. The molecule has 2 aromatic carbocycles. The molecule has 0 amide bonds. The maximum absolute atomic E-state index is 6.40. The fourth-order valence-corrected chi connectivity index (χ4v) is 3.78. The Kier molecular flexibility index (Phi) is 6.98. The van der Waals surface area contributed by atoms with Gasteiger partial charge in [-0.3, -0.25) is 0 Å². The molecular weight excluding hydrogens is 386 g/mol. The Balaban J connectivity index is 2.11. The van der Waals surface area contributed by atoms with Gasteiger partial charge in [0.2, 0.25) is 5.79 Å². The lowest BCUT2D eigenvalue weighted by Crippen LogP contribution is -2.37. The molecule has 1 heterocycles. The molecule has 0 aliphatic rings. The number of halogens is 1. The van der Waals surface area contributed by atoms with E-state index in [2.05, 4.69) is 10.2 Å². The van der Waals surface area contributed by atoms with Crippen LogP contribution in [0.2, 0.25) is 5.02 Å². The second-order valence-electron chi connectivity index (χ2n) is 7.02. The molecule has 3 rings (SSSR count). The number of methoxy groups -OCH3 is 2. The second-order valence-corrected chi connectivity index (χ2v) is 7.45. The van der Waals surface area contributed by atoms with Gasteiger partial charge in [0, 0.05) is 42.3 Å². The van der Waals surface area contributed by atoms with E-state index in [0.29, 0.717) is 11.4 Å². The molecule has 0 fully saturated rings. The zero-order valence-corrected chi connectivity index (χ0v) is 17.6. The summed E-state index contributed by atoms with van der Waals surface area (Å²) in [6.07, 6.45) is 2.34. The molecule has 0 aliphatic carbocycles. The van der Waals surface area contributed by atoms with Crippen molar-refractivity contribution in [1.29, 1.82) is 0 Å². The molecule has 6 heteroatoms. The molecule has 2 atom stereocenters. The molecule has 0 radical (unpaired) electrons. The van der Waals surface area contributed by atoms with Gasteiger partial charge in [0.15, 0.2) is 0 Å². The lowest BCUT2D eigenvalue weighted by Gasteiger charge is -2.34. The van der Waals surface area contributed by atoms with Crippen LogP contribution in [-0.4, -0.2) is 30.5 Å². The second kappa shape index (κ2) is 9.46. The molecule has 2 unspecified atom stereocenters. The number of aromatic nitrogens is 2. The number of nitrogens with two attached hydrogens (primary N) is 1. The van der Waals surface area contributed by atoms with Crippen molar-refractivity contribution in [3.63, 3.8) is 0 Å². The molecular formula is C23H26ClN3O2. The molecule has 0 spiro atoms. The Labute approximate surface area is 176 Å². The minimum atomic E-state index is -1.11. The molecule has 0 aliphatic heterocycles.